The topological polar surface area (TPSA) is 30.5 Å². The molecule has 0 fully saturated rings. The van der Waals surface area contributed by atoms with Crippen molar-refractivity contribution in [2.75, 3.05) is 33.0 Å². The van der Waals surface area contributed by atoms with Gasteiger partial charge in [-0.15, -0.1) is 0 Å². The predicted molar refractivity (Wildman–Crippen MR) is 60.1 cm³/mol. The minimum absolute atomic E-state index is 0.190. The Morgan fingerprint density at radius 3 is 2.18 bits per heavy atom. The van der Waals surface area contributed by atoms with Crippen LogP contribution in [0.5, 0.6) is 0 Å². The van der Waals surface area contributed by atoms with E-state index in [9.17, 15) is 13.2 Å². The van der Waals surface area contributed by atoms with E-state index < -0.39 is 12.2 Å². The van der Waals surface area contributed by atoms with Crippen molar-refractivity contribution in [3.63, 3.8) is 0 Å². The van der Waals surface area contributed by atoms with Gasteiger partial charge in [-0.2, -0.15) is 13.2 Å². The molecule has 0 aliphatic heterocycles. The molecule has 0 aromatic rings. The lowest BCUT2D eigenvalue weighted by atomic mass is 10.3. The molecular weight excluding hydrogens is 235 g/mol. The Bertz CT molecular complexity index is 177. The summed E-state index contributed by atoms with van der Waals surface area (Å²) in [5.74, 6) is 0. The van der Waals surface area contributed by atoms with Gasteiger partial charge in [0.2, 0.25) is 0 Å². The summed E-state index contributed by atoms with van der Waals surface area (Å²) in [6.07, 6.45) is -2.09. The molecule has 0 aliphatic rings. The summed E-state index contributed by atoms with van der Waals surface area (Å²) in [4.78, 5) is 0. The van der Waals surface area contributed by atoms with Crippen LogP contribution in [0.3, 0.4) is 0 Å². The van der Waals surface area contributed by atoms with Crippen molar-refractivity contribution in [3.05, 3.63) is 0 Å². The molecule has 0 amide bonds. The van der Waals surface area contributed by atoms with E-state index in [-0.39, 0.29) is 13.2 Å². The third-order valence-corrected chi connectivity index (χ3v) is 2.20. The van der Waals surface area contributed by atoms with Gasteiger partial charge in [0.05, 0.1) is 19.8 Å². The molecule has 1 atom stereocenters. The summed E-state index contributed by atoms with van der Waals surface area (Å²) in [5.41, 5.74) is 0. The molecule has 1 unspecified atom stereocenters. The molecule has 17 heavy (non-hydrogen) atoms. The van der Waals surface area contributed by atoms with Gasteiger partial charge >= 0.3 is 6.18 Å². The highest BCUT2D eigenvalue weighted by atomic mass is 19.4. The first-order chi connectivity index (χ1) is 7.98. The minimum atomic E-state index is -4.19. The summed E-state index contributed by atoms with van der Waals surface area (Å²) < 4.78 is 46.6. The van der Waals surface area contributed by atoms with E-state index in [1.807, 2.05) is 0 Å². The van der Waals surface area contributed by atoms with Crippen LogP contribution < -0.4 is 5.32 Å². The highest BCUT2D eigenvalue weighted by Gasteiger charge is 2.35. The van der Waals surface area contributed by atoms with Crippen LogP contribution in [-0.2, 0) is 9.47 Å². The van der Waals surface area contributed by atoms with Gasteiger partial charge in [0.15, 0.2) is 0 Å². The van der Waals surface area contributed by atoms with Crippen LogP contribution in [0.1, 0.15) is 26.7 Å². The highest BCUT2D eigenvalue weighted by Crippen LogP contribution is 2.18. The molecule has 0 spiro atoms. The Hall–Kier alpha value is -0.330. The molecule has 0 bridgehead atoms. The van der Waals surface area contributed by atoms with Crippen LogP contribution in [0.2, 0.25) is 0 Å². The number of hydrogen-bond acceptors (Lipinski definition) is 3. The quantitative estimate of drug-likeness (QED) is 0.609. The van der Waals surface area contributed by atoms with Gasteiger partial charge in [-0.1, -0.05) is 13.3 Å². The molecule has 0 radical (unpaired) electrons. The Balaban J connectivity index is 3.19. The van der Waals surface area contributed by atoms with Crippen molar-refractivity contribution in [2.24, 2.45) is 0 Å². The van der Waals surface area contributed by atoms with E-state index in [0.717, 1.165) is 19.8 Å². The average molecular weight is 257 g/mol. The van der Waals surface area contributed by atoms with Crippen LogP contribution in [0.25, 0.3) is 0 Å². The average Bonchev–Trinajstić information content (AvgIpc) is 2.25. The van der Waals surface area contributed by atoms with Crippen LogP contribution >= 0.6 is 0 Å². The second-order valence-electron chi connectivity index (χ2n) is 3.80. The molecule has 3 nitrogen and oxygen atoms in total. The van der Waals surface area contributed by atoms with Gasteiger partial charge in [0.1, 0.15) is 6.04 Å². The van der Waals surface area contributed by atoms with E-state index in [2.05, 4.69) is 12.2 Å². The molecular formula is C11H22F3NO2. The first kappa shape index (κ1) is 16.7. The van der Waals surface area contributed by atoms with Gasteiger partial charge < -0.3 is 14.8 Å². The Morgan fingerprint density at radius 2 is 1.65 bits per heavy atom. The number of unbranched alkanes of at least 4 members (excludes halogenated alkanes) is 1. The zero-order valence-corrected chi connectivity index (χ0v) is 10.5. The fourth-order valence-corrected chi connectivity index (χ4v) is 1.03. The van der Waals surface area contributed by atoms with Gasteiger partial charge in [-0.3, -0.25) is 0 Å². The molecule has 1 N–H and O–H groups in total. The first-order valence-electron chi connectivity index (χ1n) is 5.94. The number of alkyl halides is 3. The van der Waals surface area contributed by atoms with Crippen molar-refractivity contribution in [1.29, 1.82) is 0 Å². The van der Waals surface area contributed by atoms with Crippen LogP contribution in [0.15, 0.2) is 0 Å². The summed E-state index contributed by atoms with van der Waals surface area (Å²) in [5, 5.41) is 2.34. The monoisotopic (exact) mass is 257 g/mol. The lowest BCUT2D eigenvalue weighted by Gasteiger charge is -2.16. The maximum atomic E-state index is 12.1. The number of ether oxygens (including phenoxy) is 2. The van der Waals surface area contributed by atoms with E-state index in [1.54, 1.807) is 0 Å². The lowest BCUT2D eigenvalue weighted by Crippen LogP contribution is -2.41. The Morgan fingerprint density at radius 1 is 1.06 bits per heavy atom. The maximum Gasteiger partial charge on any atom is 0.403 e. The molecule has 0 heterocycles. The summed E-state index contributed by atoms with van der Waals surface area (Å²) in [6.45, 7) is 5.25. The Labute approximate surface area is 101 Å². The molecule has 6 heteroatoms. The third kappa shape index (κ3) is 10.5. The molecule has 0 saturated carbocycles. The number of halogens is 3. The van der Waals surface area contributed by atoms with Crippen molar-refractivity contribution in [1.82, 2.24) is 5.32 Å². The molecule has 104 valence electrons. The zero-order valence-electron chi connectivity index (χ0n) is 10.5. The standard InChI is InChI=1S/C11H22F3NO2/c1-3-4-6-16-8-9-17-7-5-15-10(2)11(12,13)14/h10,15H,3-9H2,1-2H3. The first-order valence-corrected chi connectivity index (χ1v) is 5.94. The zero-order chi connectivity index (χ0) is 13.1. The second kappa shape index (κ2) is 9.67. The van der Waals surface area contributed by atoms with E-state index >= 15 is 0 Å². The van der Waals surface area contributed by atoms with E-state index in [0.29, 0.717) is 19.8 Å². The number of rotatable bonds is 10. The largest absolute Gasteiger partial charge is 0.403 e. The van der Waals surface area contributed by atoms with Crippen LogP contribution in [0, 0.1) is 0 Å². The highest BCUT2D eigenvalue weighted by molar-refractivity contribution is 4.68. The second-order valence-corrected chi connectivity index (χ2v) is 3.80. The molecule has 0 saturated heterocycles. The third-order valence-electron chi connectivity index (χ3n) is 2.20. The van der Waals surface area contributed by atoms with Gasteiger partial charge in [-0.05, 0) is 13.3 Å². The SMILES string of the molecule is CCCCOCCOCCNC(C)C(F)(F)F. The van der Waals surface area contributed by atoms with Gasteiger partial charge in [0.25, 0.3) is 0 Å². The molecule has 0 aromatic carbocycles. The Kier molecular flexibility index (Phi) is 9.49. The van der Waals surface area contributed by atoms with Crippen molar-refractivity contribution < 1.29 is 22.6 Å². The van der Waals surface area contributed by atoms with E-state index in [4.69, 9.17) is 9.47 Å². The van der Waals surface area contributed by atoms with Crippen molar-refractivity contribution in [3.8, 4) is 0 Å². The van der Waals surface area contributed by atoms with Crippen LogP contribution in [0.4, 0.5) is 13.2 Å². The van der Waals surface area contributed by atoms with E-state index in [1.165, 1.54) is 0 Å². The molecule has 0 rings (SSSR count). The van der Waals surface area contributed by atoms with Gasteiger partial charge in [0, 0.05) is 13.2 Å². The molecule has 0 aromatic heterocycles. The lowest BCUT2D eigenvalue weighted by molar-refractivity contribution is -0.151. The fraction of sp³-hybridized carbons (Fsp3) is 1.00. The summed E-state index contributed by atoms with van der Waals surface area (Å²) >= 11 is 0. The maximum absolute atomic E-state index is 12.1. The minimum Gasteiger partial charge on any atom is -0.379 e. The summed E-state index contributed by atoms with van der Waals surface area (Å²) in [6, 6.07) is -1.49. The fourth-order valence-electron chi connectivity index (χ4n) is 1.03. The van der Waals surface area contributed by atoms with Crippen molar-refractivity contribution in [2.45, 2.75) is 38.9 Å². The normalized spacial score (nSPS) is 13.9. The summed E-state index contributed by atoms with van der Waals surface area (Å²) in [7, 11) is 0. The number of hydrogen-bond donors (Lipinski definition) is 1. The predicted octanol–water partition coefficient (Wildman–Crippen LogP) is 2.36. The van der Waals surface area contributed by atoms with Gasteiger partial charge in [-0.25, -0.2) is 0 Å². The van der Waals surface area contributed by atoms with Crippen molar-refractivity contribution >= 4 is 0 Å². The number of nitrogens with one attached hydrogen (secondary N) is 1. The van der Waals surface area contributed by atoms with Crippen LogP contribution in [-0.4, -0.2) is 45.2 Å². The smallest absolute Gasteiger partial charge is 0.379 e. The molecule has 0 aliphatic carbocycles.